The summed E-state index contributed by atoms with van der Waals surface area (Å²) in [6.07, 6.45) is 1.46. The van der Waals surface area contributed by atoms with E-state index in [1.54, 1.807) is 41.0 Å². The van der Waals surface area contributed by atoms with E-state index < -0.39 is 11.4 Å². The van der Waals surface area contributed by atoms with E-state index in [0.29, 0.717) is 47.1 Å². The molecule has 8 nitrogen and oxygen atoms in total. The first-order valence-corrected chi connectivity index (χ1v) is 9.82. The van der Waals surface area contributed by atoms with Gasteiger partial charge in [-0.3, -0.25) is 4.79 Å². The summed E-state index contributed by atoms with van der Waals surface area (Å²) in [6, 6.07) is 10.4. The summed E-state index contributed by atoms with van der Waals surface area (Å²) in [6.45, 7) is 4.78. The predicted octanol–water partition coefficient (Wildman–Crippen LogP) is 3.56. The van der Waals surface area contributed by atoms with E-state index in [9.17, 15) is 9.59 Å². The molecule has 0 saturated heterocycles. The molecule has 31 heavy (non-hydrogen) atoms. The Morgan fingerprint density at radius 2 is 1.58 bits per heavy atom. The molecule has 0 spiro atoms. The minimum Gasteiger partial charge on any atom is -0.494 e. The topological polar surface area (TPSA) is 85.2 Å². The summed E-state index contributed by atoms with van der Waals surface area (Å²) < 4.78 is 28.4. The van der Waals surface area contributed by atoms with Crippen LogP contribution in [0.2, 0.25) is 0 Å². The van der Waals surface area contributed by atoms with Gasteiger partial charge in [-0.25, -0.2) is 4.79 Å². The van der Waals surface area contributed by atoms with Gasteiger partial charge in [0.2, 0.25) is 5.43 Å². The van der Waals surface area contributed by atoms with Crippen LogP contribution in [0.15, 0.2) is 47.4 Å². The third-order valence-electron chi connectivity index (χ3n) is 4.49. The molecule has 0 bridgehead atoms. The van der Waals surface area contributed by atoms with Crippen molar-refractivity contribution < 1.29 is 28.5 Å². The van der Waals surface area contributed by atoms with Gasteiger partial charge in [0.25, 0.3) is 0 Å². The second kappa shape index (κ2) is 9.99. The fourth-order valence-corrected chi connectivity index (χ4v) is 3.19. The molecule has 0 unspecified atom stereocenters. The summed E-state index contributed by atoms with van der Waals surface area (Å²) in [4.78, 5) is 25.2. The van der Waals surface area contributed by atoms with Crippen molar-refractivity contribution in [2.24, 2.45) is 0 Å². The molecular formula is C23H25NO7. The van der Waals surface area contributed by atoms with E-state index >= 15 is 0 Å². The van der Waals surface area contributed by atoms with Crippen molar-refractivity contribution >= 4 is 16.9 Å². The Labute approximate surface area is 179 Å². The van der Waals surface area contributed by atoms with Crippen LogP contribution in [0.1, 0.15) is 24.2 Å². The van der Waals surface area contributed by atoms with Gasteiger partial charge in [0, 0.05) is 43.0 Å². The quantitative estimate of drug-likeness (QED) is 0.381. The Kier molecular flexibility index (Phi) is 7.15. The van der Waals surface area contributed by atoms with Crippen molar-refractivity contribution in [1.29, 1.82) is 0 Å². The Morgan fingerprint density at radius 3 is 2.16 bits per heavy atom. The fourth-order valence-electron chi connectivity index (χ4n) is 3.19. The molecule has 1 aromatic heterocycles. The number of aromatic nitrogens is 1. The van der Waals surface area contributed by atoms with Gasteiger partial charge >= 0.3 is 5.97 Å². The number of rotatable bonds is 9. The highest BCUT2D eigenvalue weighted by Crippen LogP contribution is 2.29. The lowest BCUT2D eigenvalue weighted by molar-refractivity contribution is 0.0512. The number of ether oxygens (including phenoxy) is 5. The number of carbonyl (C=O) groups excluding carboxylic acids is 1. The summed E-state index contributed by atoms with van der Waals surface area (Å²) in [5.41, 5.74) is 0.679. The molecule has 0 aliphatic heterocycles. The second-order valence-electron chi connectivity index (χ2n) is 6.49. The normalized spacial score (nSPS) is 10.7. The molecule has 0 amide bonds. The average molecular weight is 427 g/mol. The number of methoxy groups -OCH3 is 2. The number of esters is 1. The van der Waals surface area contributed by atoms with Crippen molar-refractivity contribution in [3.05, 3.63) is 58.4 Å². The number of nitrogens with zero attached hydrogens (tertiary/aromatic N) is 1. The van der Waals surface area contributed by atoms with Gasteiger partial charge in [-0.1, -0.05) is 0 Å². The first-order valence-electron chi connectivity index (χ1n) is 9.82. The average Bonchev–Trinajstić information content (AvgIpc) is 2.77. The zero-order valence-corrected chi connectivity index (χ0v) is 18.0. The zero-order chi connectivity index (χ0) is 22.4. The van der Waals surface area contributed by atoms with Gasteiger partial charge in [0.1, 0.15) is 22.8 Å². The van der Waals surface area contributed by atoms with Gasteiger partial charge in [-0.2, -0.15) is 0 Å². The highest BCUT2D eigenvalue weighted by Gasteiger charge is 2.18. The van der Waals surface area contributed by atoms with Crippen LogP contribution in [-0.2, 0) is 9.47 Å². The van der Waals surface area contributed by atoms with Crippen LogP contribution in [0.4, 0.5) is 0 Å². The van der Waals surface area contributed by atoms with Crippen LogP contribution in [-0.4, -0.2) is 44.8 Å². The highest BCUT2D eigenvalue weighted by molar-refractivity contribution is 5.94. The standard InChI is InChI=1S/C23H25NO7/c1-5-29-17-9-15(10-18(11-17)30-6-2)24-13-20(23(26)28-4)22(25)19-8-7-16(12-21(19)24)31-14-27-3/h7-13H,5-6,14H2,1-4H3. The van der Waals surface area contributed by atoms with Crippen molar-refractivity contribution in [1.82, 2.24) is 4.57 Å². The number of carbonyl (C=O) groups is 1. The maximum Gasteiger partial charge on any atom is 0.343 e. The number of hydrogen-bond donors (Lipinski definition) is 0. The van der Waals surface area contributed by atoms with E-state index in [1.165, 1.54) is 20.4 Å². The molecule has 0 aliphatic carbocycles. The maximum atomic E-state index is 12.9. The maximum absolute atomic E-state index is 12.9. The van der Waals surface area contributed by atoms with Gasteiger partial charge < -0.3 is 28.3 Å². The van der Waals surface area contributed by atoms with Crippen LogP contribution in [0.3, 0.4) is 0 Å². The largest absolute Gasteiger partial charge is 0.494 e. The van der Waals surface area contributed by atoms with Crippen molar-refractivity contribution in [3.8, 4) is 22.9 Å². The van der Waals surface area contributed by atoms with Gasteiger partial charge in [-0.15, -0.1) is 0 Å². The molecule has 0 fully saturated rings. The minimum atomic E-state index is -0.716. The van der Waals surface area contributed by atoms with Crippen LogP contribution in [0, 0.1) is 0 Å². The third kappa shape index (κ3) is 4.80. The molecule has 164 valence electrons. The number of hydrogen-bond acceptors (Lipinski definition) is 7. The summed E-state index contributed by atoms with van der Waals surface area (Å²) in [5.74, 6) is 0.995. The monoisotopic (exact) mass is 427 g/mol. The molecule has 3 aromatic rings. The number of pyridine rings is 1. The van der Waals surface area contributed by atoms with Crippen LogP contribution >= 0.6 is 0 Å². The van der Waals surface area contributed by atoms with E-state index in [2.05, 4.69) is 0 Å². The second-order valence-corrected chi connectivity index (χ2v) is 6.49. The van der Waals surface area contributed by atoms with Crippen molar-refractivity contribution in [2.75, 3.05) is 34.2 Å². The number of benzene rings is 2. The van der Waals surface area contributed by atoms with Crippen LogP contribution < -0.4 is 19.6 Å². The fraction of sp³-hybridized carbons (Fsp3) is 0.304. The first-order chi connectivity index (χ1) is 15.0. The van der Waals surface area contributed by atoms with Gasteiger partial charge in [0.15, 0.2) is 6.79 Å². The van der Waals surface area contributed by atoms with Gasteiger partial charge in [0.05, 0.1) is 31.5 Å². The zero-order valence-electron chi connectivity index (χ0n) is 18.0. The Hall–Kier alpha value is -3.52. The molecular weight excluding hydrogens is 402 g/mol. The summed E-state index contributed by atoms with van der Waals surface area (Å²) in [5, 5.41) is 0.340. The van der Waals surface area contributed by atoms with Crippen LogP contribution in [0.25, 0.3) is 16.6 Å². The molecule has 8 heteroatoms. The molecule has 0 atom stereocenters. The predicted molar refractivity (Wildman–Crippen MR) is 116 cm³/mol. The lowest BCUT2D eigenvalue weighted by atomic mass is 10.1. The van der Waals surface area contributed by atoms with E-state index in [1.807, 2.05) is 13.8 Å². The minimum absolute atomic E-state index is 0.0598. The van der Waals surface area contributed by atoms with E-state index in [-0.39, 0.29) is 12.4 Å². The molecule has 2 aromatic carbocycles. The Morgan fingerprint density at radius 1 is 0.903 bits per heavy atom. The first kappa shape index (κ1) is 22.2. The number of fused-ring (bicyclic) bond motifs is 1. The summed E-state index contributed by atoms with van der Waals surface area (Å²) in [7, 11) is 2.76. The smallest absolute Gasteiger partial charge is 0.343 e. The van der Waals surface area contributed by atoms with E-state index in [4.69, 9.17) is 23.7 Å². The third-order valence-corrected chi connectivity index (χ3v) is 4.49. The molecule has 0 saturated carbocycles. The summed E-state index contributed by atoms with van der Waals surface area (Å²) >= 11 is 0. The molecule has 0 aliphatic rings. The Bertz CT molecular complexity index is 1110. The molecule has 3 rings (SSSR count). The SMILES string of the molecule is CCOc1cc(OCC)cc(-n2cc(C(=O)OC)c(=O)c3ccc(OCOC)cc32)c1. The van der Waals surface area contributed by atoms with E-state index in [0.717, 1.165) is 0 Å². The highest BCUT2D eigenvalue weighted by atomic mass is 16.7. The van der Waals surface area contributed by atoms with Crippen LogP contribution in [0.5, 0.6) is 17.2 Å². The van der Waals surface area contributed by atoms with Crippen molar-refractivity contribution in [2.45, 2.75) is 13.8 Å². The lowest BCUT2D eigenvalue weighted by Crippen LogP contribution is -2.19. The lowest BCUT2D eigenvalue weighted by Gasteiger charge is -2.17. The van der Waals surface area contributed by atoms with Gasteiger partial charge in [-0.05, 0) is 26.0 Å². The Balaban J connectivity index is 2.31. The molecule has 1 heterocycles. The molecule has 0 radical (unpaired) electrons. The molecule has 0 N–H and O–H groups in total. The van der Waals surface area contributed by atoms with Crippen molar-refractivity contribution in [3.63, 3.8) is 0 Å².